The van der Waals surface area contributed by atoms with Crippen LogP contribution in [0.5, 0.6) is 0 Å². The van der Waals surface area contributed by atoms with Crippen LogP contribution in [0.15, 0.2) is 42.6 Å². The van der Waals surface area contributed by atoms with Crippen LogP contribution < -0.4 is 0 Å². The fourth-order valence-electron chi connectivity index (χ4n) is 1.46. The van der Waals surface area contributed by atoms with Crippen LogP contribution in [0.1, 0.15) is 16.1 Å². The lowest BCUT2D eigenvalue weighted by Gasteiger charge is -2.02. The second-order valence-corrected chi connectivity index (χ2v) is 4.40. The molecule has 0 amide bonds. The third kappa shape index (κ3) is 3.05. The topological polar surface area (TPSA) is 30.0 Å². The number of carbonyl (C=O) groups is 1. The van der Waals surface area contributed by atoms with E-state index in [0.29, 0.717) is 15.7 Å². The van der Waals surface area contributed by atoms with Crippen molar-refractivity contribution < 1.29 is 4.79 Å². The Hall–Kier alpha value is -1.38. The molecule has 0 bridgehead atoms. The number of ketones is 1. The van der Waals surface area contributed by atoms with Crippen LogP contribution in [0.2, 0.25) is 10.0 Å². The van der Waals surface area contributed by atoms with Gasteiger partial charge in [-0.3, -0.25) is 9.78 Å². The Labute approximate surface area is 109 Å². The van der Waals surface area contributed by atoms with Gasteiger partial charge in [-0.15, -0.1) is 0 Å². The maximum absolute atomic E-state index is 11.9. The number of benzene rings is 1. The molecule has 2 rings (SSSR count). The Balaban J connectivity index is 2.17. The van der Waals surface area contributed by atoms with Crippen LogP contribution in [0, 0.1) is 0 Å². The molecule has 0 spiro atoms. The van der Waals surface area contributed by atoms with E-state index in [4.69, 9.17) is 23.2 Å². The largest absolute Gasteiger partial charge is 0.292 e. The van der Waals surface area contributed by atoms with Gasteiger partial charge >= 0.3 is 0 Å². The van der Waals surface area contributed by atoms with Crippen LogP contribution in [0.3, 0.4) is 0 Å². The fraction of sp³-hybridized carbons (Fsp3) is 0.0769. The lowest BCUT2D eigenvalue weighted by molar-refractivity contribution is 0.0988. The first-order chi connectivity index (χ1) is 8.16. The normalized spacial score (nSPS) is 10.2. The molecule has 4 heteroatoms. The SMILES string of the molecule is O=C(Cc1ccc(Cl)cc1)c1ncccc1Cl. The molecule has 0 saturated heterocycles. The number of aromatic nitrogens is 1. The van der Waals surface area contributed by atoms with Gasteiger partial charge in [0.05, 0.1) is 5.02 Å². The molecule has 0 aliphatic rings. The highest BCUT2D eigenvalue weighted by Gasteiger charge is 2.11. The molecule has 2 aromatic rings. The van der Waals surface area contributed by atoms with Crippen molar-refractivity contribution in [2.75, 3.05) is 0 Å². The molecule has 1 aromatic carbocycles. The summed E-state index contributed by atoms with van der Waals surface area (Å²) in [6.07, 6.45) is 1.83. The molecule has 0 radical (unpaired) electrons. The average Bonchev–Trinajstić information content (AvgIpc) is 2.32. The molecule has 17 heavy (non-hydrogen) atoms. The molecule has 0 fully saturated rings. The van der Waals surface area contributed by atoms with E-state index < -0.39 is 0 Å². The third-order valence-corrected chi connectivity index (χ3v) is 2.86. The summed E-state index contributed by atoms with van der Waals surface area (Å²) in [6, 6.07) is 10.5. The highest BCUT2D eigenvalue weighted by Crippen LogP contribution is 2.16. The van der Waals surface area contributed by atoms with E-state index in [0.717, 1.165) is 5.56 Å². The van der Waals surface area contributed by atoms with Gasteiger partial charge in [-0.05, 0) is 29.8 Å². The van der Waals surface area contributed by atoms with Crippen molar-refractivity contribution in [2.24, 2.45) is 0 Å². The lowest BCUT2D eigenvalue weighted by Crippen LogP contribution is -2.06. The lowest BCUT2D eigenvalue weighted by atomic mass is 10.1. The van der Waals surface area contributed by atoms with E-state index in [1.165, 1.54) is 0 Å². The van der Waals surface area contributed by atoms with Gasteiger partial charge in [0.2, 0.25) is 0 Å². The van der Waals surface area contributed by atoms with Crippen LogP contribution in [0.25, 0.3) is 0 Å². The molecule has 1 aromatic heterocycles. The van der Waals surface area contributed by atoms with E-state index in [2.05, 4.69) is 4.98 Å². The van der Waals surface area contributed by atoms with Crippen molar-refractivity contribution in [1.82, 2.24) is 4.98 Å². The predicted octanol–water partition coefficient (Wildman–Crippen LogP) is 3.81. The number of hydrogen-bond donors (Lipinski definition) is 0. The van der Waals surface area contributed by atoms with Crippen LogP contribution in [-0.2, 0) is 6.42 Å². The molecule has 0 aliphatic heterocycles. The molecule has 0 N–H and O–H groups in total. The van der Waals surface area contributed by atoms with Crippen molar-refractivity contribution in [3.63, 3.8) is 0 Å². The zero-order valence-electron chi connectivity index (χ0n) is 8.86. The molecule has 1 heterocycles. The molecule has 0 saturated carbocycles. The highest BCUT2D eigenvalue weighted by molar-refractivity contribution is 6.33. The summed E-state index contributed by atoms with van der Waals surface area (Å²) in [6.45, 7) is 0. The van der Waals surface area contributed by atoms with Gasteiger partial charge in [-0.1, -0.05) is 35.3 Å². The fourth-order valence-corrected chi connectivity index (χ4v) is 1.82. The van der Waals surface area contributed by atoms with Crippen LogP contribution >= 0.6 is 23.2 Å². The van der Waals surface area contributed by atoms with Gasteiger partial charge in [0, 0.05) is 17.6 Å². The number of rotatable bonds is 3. The van der Waals surface area contributed by atoms with E-state index in [1.807, 2.05) is 12.1 Å². The maximum atomic E-state index is 11.9. The number of carbonyl (C=O) groups excluding carboxylic acids is 1. The molecule has 0 unspecified atom stereocenters. The Kier molecular flexibility index (Phi) is 3.77. The zero-order valence-corrected chi connectivity index (χ0v) is 10.4. The second-order valence-electron chi connectivity index (χ2n) is 3.56. The standard InChI is InChI=1S/C13H9Cl2NO/c14-10-5-3-9(4-6-10)8-12(17)13-11(15)2-1-7-16-13/h1-7H,8H2. The number of Topliss-reactive ketones (excluding diaryl/α,β-unsaturated/α-hetero) is 1. The smallest absolute Gasteiger partial charge is 0.187 e. The number of nitrogens with zero attached hydrogens (tertiary/aromatic N) is 1. The van der Waals surface area contributed by atoms with Gasteiger partial charge in [-0.25, -0.2) is 0 Å². The minimum absolute atomic E-state index is 0.0991. The maximum Gasteiger partial charge on any atom is 0.187 e. The Bertz CT molecular complexity index is 537. The first-order valence-electron chi connectivity index (χ1n) is 5.05. The highest BCUT2D eigenvalue weighted by atomic mass is 35.5. The Morgan fingerprint density at radius 1 is 1.12 bits per heavy atom. The quantitative estimate of drug-likeness (QED) is 0.790. The van der Waals surface area contributed by atoms with E-state index in [1.54, 1.807) is 30.5 Å². The number of halogens is 2. The van der Waals surface area contributed by atoms with Gasteiger partial charge in [-0.2, -0.15) is 0 Å². The summed E-state index contributed by atoms with van der Waals surface area (Å²) < 4.78 is 0. The molecule has 0 aliphatic carbocycles. The average molecular weight is 266 g/mol. The van der Waals surface area contributed by atoms with Crippen LogP contribution in [0.4, 0.5) is 0 Å². The Morgan fingerprint density at radius 3 is 2.47 bits per heavy atom. The van der Waals surface area contributed by atoms with Gasteiger partial charge < -0.3 is 0 Å². The zero-order chi connectivity index (χ0) is 12.3. The molecular weight excluding hydrogens is 257 g/mol. The van der Waals surface area contributed by atoms with Crippen molar-refractivity contribution in [1.29, 1.82) is 0 Å². The van der Waals surface area contributed by atoms with Crippen molar-refractivity contribution in [2.45, 2.75) is 6.42 Å². The minimum atomic E-state index is -0.0991. The summed E-state index contributed by atoms with van der Waals surface area (Å²) in [7, 11) is 0. The van der Waals surface area contributed by atoms with E-state index in [9.17, 15) is 4.79 Å². The molecule has 86 valence electrons. The summed E-state index contributed by atoms with van der Waals surface area (Å²) in [5.41, 5.74) is 1.20. The molecular formula is C13H9Cl2NO. The number of hydrogen-bond acceptors (Lipinski definition) is 2. The van der Waals surface area contributed by atoms with Gasteiger partial charge in [0.25, 0.3) is 0 Å². The molecule has 0 atom stereocenters. The number of pyridine rings is 1. The van der Waals surface area contributed by atoms with Gasteiger partial charge in [0.15, 0.2) is 5.78 Å². The summed E-state index contributed by atoms with van der Waals surface area (Å²) >= 11 is 11.7. The summed E-state index contributed by atoms with van der Waals surface area (Å²) in [5, 5.41) is 1.03. The van der Waals surface area contributed by atoms with E-state index >= 15 is 0 Å². The van der Waals surface area contributed by atoms with E-state index in [-0.39, 0.29) is 12.2 Å². The summed E-state index contributed by atoms with van der Waals surface area (Å²) in [4.78, 5) is 15.9. The second kappa shape index (κ2) is 5.30. The minimum Gasteiger partial charge on any atom is -0.292 e. The Morgan fingerprint density at radius 2 is 1.82 bits per heavy atom. The van der Waals surface area contributed by atoms with Crippen molar-refractivity contribution in [3.8, 4) is 0 Å². The summed E-state index contributed by atoms with van der Waals surface area (Å²) in [5.74, 6) is -0.0991. The van der Waals surface area contributed by atoms with Gasteiger partial charge in [0.1, 0.15) is 5.69 Å². The predicted molar refractivity (Wildman–Crippen MR) is 68.7 cm³/mol. The van der Waals surface area contributed by atoms with Crippen molar-refractivity contribution >= 4 is 29.0 Å². The third-order valence-electron chi connectivity index (χ3n) is 2.30. The van der Waals surface area contributed by atoms with Crippen molar-refractivity contribution in [3.05, 3.63) is 63.9 Å². The first kappa shape index (κ1) is 12.1. The monoisotopic (exact) mass is 265 g/mol. The van der Waals surface area contributed by atoms with Crippen LogP contribution in [-0.4, -0.2) is 10.8 Å². The molecule has 2 nitrogen and oxygen atoms in total. The first-order valence-corrected chi connectivity index (χ1v) is 5.80.